The Balaban J connectivity index is 1.49. The van der Waals surface area contributed by atoms with E-state index in [-0.39, 0.29) is 33.8 Å². The second-order valence-electron chi connectivity index (χ2n) is 6.57. The molecule has 0 spiro atoms. The van der Waals surface area contributed by atoms with Gasteiger partial charge in [0.2, 0.25) is 0 Å². The molecule has 1 aliphatic carbocycles. The van der Waals surface area contributed by atoms with Crippen LogP contribution in [0.1, 0.15) is 27.4 Å². The average molecular weight is 428 g/mol. The molecule has 3 aromatic rings. The van der Waals surface area contributed by atoms with E-state index in [1.54, 1.807) is 0 Å². The van der Waals surface area contributed by atoms with Crippen LogP contribution in [0.4, 0.5) is 10.5 Å². The first-order valence-electron chi connectivity index (χ1n) is 8.80. The summed E-state index contributed by atoms with van der Waals surface area (Å²) in [6.45, 7) is 0.161. The molecule has 0 unspecified atom stereocenters. The first-order chi connectivity index (χ1) is 14.0. The molecule has 0 aromatic heterocycles. The molecule has 1 aliphatic rings. The molecule has 29 heavy (non-hydrogen) atoms. The van der Waals surface area contributed by atoms with E-state index in [0.29, 0.717) is 0 Å². The summed E-state index contributed by atoms with van der Waals surface area (Å²) in [4.78, 5) is 23.4. The number of fused-ring (bicyclic) bond motifs is 3. The number of halogens is 2. The SMILES string of the molecule is O=C(Nc1cc(Cl)c(C(=O)O)c(Cl)c1)OCC1c2ccccc2-c2ccccc21. The van der Waals surface area contributed by atoms with Gasteiger partial charge in [0, 0.05) is 11.6 Å². The number of benzene rings is 3. The zero-order valence-electron chi connectivity index (χ0n) is 15.0. The van der Waals surface area contributed by atoms with Crippen molar-refractivity contribution in [3.8, 4) is 11.1 Å². The van der Waals surface area contributed by atoms with Crippen molar-refractivity contribution in [3.05, 3.63) is 87.4 Å². The van der Waals surface area contributed by atoms with Gasteiger partial charge in [-0.2, -0.15) is 0 Å². The van der Waals surface area contributed by atoms with E-state index in [2.05, 4.69) is 17.4 Å². The predicted molar refractivity (Wildman–Crippen MR) is 112 cm³/mol. The molecule has 146 valence electrons. The van der Waals surface area contributed by atoms with Crippen molar-refractivity contribution in [2.45, 2.75) is 5.92 Å². The van der Waals surface area contributed by atoms with E-state index in [9.17, 15) is 9.59 Å². The summed E-state index contributed by atoms with van der Waals surface area (Å²) < 4.78 is 5.45. The Labute approximate surface area is 176 Å². The Bertz CT molecular complexity index is 1060. The highest BCUT2D eigenvalue weighted by atomic mass is 35.5. The molecule has 3 aromatic carbocycles. The smallest absolute Gasteiger partial charge is 0.411 e. The van der Waals surface area contributed by atoms with Gasteiger partial charge in [-0.25, -0.2) is 9.59 Å². The van der Waals surface area contributed by atoms with E-state index >= 15 is 0 Å². The fraction of sp³-hybridized carbons (Fsp3) is 0.0909. The third kappa shape index (κ3) is 3.67. The number of carboxylic acid groups (broad SMARTS) is 1. The fourth-order valence-corrected chi connectivity index (χ4v) is 4.25. The Morgan fingerprint density at radius 2 is 1.45 bits per heavy atom. The zero-order chi connectivity index (χ0) is 20.5. The monoisotopic (exact) mass is 427 g/mol. The summed E-state index contributed by atoms with van der Waals surface area (Å²) in [5.74, 6) is -1.30. The van der Waals surface area contributed by atoms with Crippen LogP contribution in [-0.2, 0) is 4.74 Å². The normalized spacial score (nSPS) is 12.2. The van der Waals surface area contributed by atoms with Gasteiger partial charge in [-0.3, -0.25) is 5.32 Å². The second kappa shape index (κ2) is 7.78. The van der Waals surface area contributed by atoms with Crippen LogP contribution in [0.3, 0.4) is 0 Å². The fourth-order valence-electron chi connectivity index (χ4n) is 3.60. The Kier molecular flexibility index (Phi) is 5.18. The topological polar surface area (TPSA) is 75.6 Å². The molecule has 5 nitrogen and oxygen atoms in total. The van der Waals surface area contributed by atoms with Crippen LogP contribution in [0.5, 0.6) is 0 Å². The molecular weight excluding hydrogens is 413 g/mol. The van der Waals surface area contributed by atoms with Gasteiger partial charge in [0.05, 0.1) is 15.6 Å². The number of hydrogen-bond donors (Lipinski definition) is 2. The first-order valence-corrected chi connectivity index (χ1v) is 9.55. The van der Waals surface area contributed by atoms with Gasteiger partial charge in [-0.05, 0) is 34.4 Å². The Hall–Kier alpha value is -3.02. The van der Waals surface area contributed by atoms with Crippen LogP contribution < -0.4 is 5.32 Å². The van der Waals surface area contributed by atoms with Crippen LogP contribution in [0, 0.1) is 0 Å². The average Bonchev–Trinajstić information content (AvgIpc) is 2.99. The number of ether oxygens (including phenoxy) is 1. The molecule has 0 aliphatic heterocycles. The van der Waals surface area contributed by atoms with Crippen molar-refractivity contribution in [3.63, 3.8) is 0 Å². The summed E-state index contributed by atoms with van der Waals surface area (Å²) in [6, 6.07) is 18.7. The van der Waals surface area contributed by atoms with Crippen LogP contribution in [0.25, 0.3) is 11.1 Å². The summed E-state index contributed by atoms with van der Waals surface area (Å²) in [5, 5.41) is 11.5. The molecule has 0 saturated heterocycles. The quantitative estimate of drug-likeness (QED) is 0.530. The van der Waals surface area contributed by atoms with Crippen LogP contribution in [0.2, 0.25) is 10.0 Å². The maximum Gasteiger partial charge on any atom is 0.411 e. The maximum absolute atomic E-state index is 12.3. The minimum absolute atomic E-state index is 0.0605. The standard InChI is InChI=1S/C22H15Cl2NO4/c23-18-9-12(10-19(24)20(18)21(26)27)25-22(28)29-11-17-15-7-3-1-5-13(15)14-6-2-4-8-16(14)17/h1-10,17H,11H2,(H,25,28)(H,26,27). The molecule has 7 heteroatoms. The molecule has 0 bridgehead atoms. The van der Waals surface area contributed by atoms with Crippen molar-refractivity contribution in [1.82, 2.24) is 0 Å². The highest BCUT2D eigenvalue weighted by Crippen LogP contribution is 2.44. The number of anilines is 1. The van der Waals surface area contributed by atoms with E-state index in [0.717, 1.165) is 22.3 Å². The predicted octanol–water partition coefficient (Wildman–Crippen LogP) is 6.05. The van der Waals surface area contributed by atoms with Gasteiger partial charge < -0.3 is 9.84 Å². The lowest BCUT2D eigenvalue weighted by atomic mass is 9.98. The maximum atomic E-state index is 12.3. The third-order valence-electron chi connectivity index (χ3n) is 4.85. The number of carbonyl (C=O) groups excluding carboxylic acids is 1. The number of amides is 1. The van der Waals surface area contributed by atoms with Crippen molar-refractivity contribution < 1.29 is 19.4 Å². The number of hydrogen-bond acceptors (Lipinski definition) is 3. The van der Waals surface area contributed by atoms with E-state index in [4.69, 9.17) is 33.0 Å². The Morgan fingerprint density at radius 1 is 0.931 bits per heavy atom. The van der Waals surface area contributed by atoms with Crippen molar-refractivity contribution in [2.24, 2.45) is 0 Å². The number of nitrogens with one attached hydrogen (secondary N) is 1. The molecular formula is C22H15Cl2NO4. The summed E-state index contributed by atoms with van der Waals surface area (Å²) in [5.41, 5.74) is 4.53. The minimum Gasteiger partial charge on any atom is -0.478 e. The van der Waals surface area contributed by atoms with Crippen molar-refractivity contribution in [1.29, 1.82) is 0 Å². The van der Waals surface area contributed by atoms with Crippen LogP contribution >= 0.6 is 23.2 Å². The highest BCUT2D eigenvalue weighted by Gasteiger charge is 2.29. The van der Waals surface area contributed by atoms with Gasteiger partial charge in [-0.1, -0.05) is 71.7 Å². The zero-order valence-corrected chi connectivity index (χ0v) is 16.5. The van der Waals surface area contributed by atoms with E-state index in [1.807, 2.05) is 36.4 Å². The largest absolute Gasteiger partial charge is 0.478 e. The molecule has 4 rings (SSSR count). The lowest BCUT2D eigenvalue weighted by molar-refractivity contribution is 0.0697. The van der Waals surface area contributed by atoms with Gasteiger partial charge in [-0.15, -0.1) is 0 Å². The first kappa shape index (κ1) is 19.3. The number of carbonyl (C=O) groups is 2. The van der Waals surface area contributed by atoms with E-state index < -0.39 is 12.1 Å². The Morgan fingerprint density at radius 3 is 1.97 bits per heavy atom. The molecule has 0 saturated carbocycles. The number of carboxylic acids is 1. The minimum atomic E-state index is -1.24. The molecule has 0 radical (unpaired) electrons. The summed E-state index contributed by atoms with van der Waals surface area (Å²) >= 11 is 11.9. The van der Waals surface area contributed by atoms with Crippen LogP contribution in [0.15, 0.2) is 60.7 Å². The highest BCUT2D eigenvalue weighted by molar-refractivity contribution is 6.39. The van der Waals surface area contributed by atoms with Gasteiger partial charge in [0.15, 0.2) is 0 Å². The molecule has 2 N–H and O–H groups in total. The summed E-state index contributed by atoms with van der Waals surface area (Å²) in [7, 11) is 0. The third-order valence-corrected chi connectivity index (χ3v) is 5.44. The van der Waals surface area contributed by atoms with Crippen LogP contribution in [-0.4, -0.2) is 23.8 Å². The van der Waals surface area contributed by atoms with Crippen molar-refractivity contribution in [2.75, 3.05) is 11.9 Å². The lowest BCUT2D eigenvalue weighted by Crippen LogP contribution is -2.18. The van der Waals surface area contributed by atoms with E-state index in [1.165, 1.54) is 12.1 Å². The molecule has 0 heterocycles. The van der Waals surface area contributed by atoms with Crippen molar-refractivity contribution >= 4 is 41.0 Å². The molecule has 0 atom stereocenters. The number of rotatable bonds is 4. The summed E-state index contributed by atoms with van der Waals surface area (Å²) in [6.07, 6.45) is -0.679. The van der Waals surface area contributed by atoms with Gasteiger partial charge >= 0.3 is 12.1 Å². The number of aromatic carboxylic acids is 1. The second-order valence-corrected chi connectivity index (χ2v) is 7.38. The van der Waals surface area contributed by atoms with Gasteiger partial charge in [0.1, 0.15) is 6.61 Å². The van der Waals surface area contributed by atoms with Gasteiger partial charge in [0.25, 0.3) is 0 Å². The lowest BCUT2D eigenvalue weighted by Gasteiger charge is -2.15. The molecule has 0 fully saturated rings. The molecule has 1 amide bonds.